The Morgan fingerprint density at radius 2 is 1.44 bits per heavy atom. The van der Waals surface area contributed by atoms with E-state index in [0.717, 1.165) is 10.8 Å². The van der Waals surface area contributed by atoms with Crippen LogP contribution in [0.1, 0.15) is 5.56 Å². The number of carbonyl (C=O) groups excluding carboxylic acids is 1. The summed E-state index contributed by atoms with van der Waals surface area (Å²) in [6, 6.07) is 26.8. The van der Waals surface area contributed by atoms with Crippen molar-refractivity contribution >= 4 is 57.0 Å². The molecule has 158 valence electrons. The Kier molecular flexibility index (Phi) is 6.50. The molecule has 0 fully saturated rings. The first-order chi connectivity index (χ1) is 15.5. The van der Waals surface area contributed by atoms with Crippen LogP contribution in [0.3, 0.4) is 0 Å². The summed E-state index contributed by atoms with van der Waals surface area (Å²) in [6.07, 6.45) is 0. The molecule has 4 aromatic carbocycles. The standard InChI is InChI=1S/C25H17Cl2N3O2/c26-20-11-6-12-21(27)22(20)28-25(32)23(24(31)17-8-2-1-3-9-17)30-29-19-14-13-16-7-4-5-10-18(16)15-19/h1-15,31H,(H,28,32)/b24-23-,30-29?. The van der Waals surface area contributed by atoms with Gasteiger partial charge in [-0.25, -0.2) is 0 Å². The van der Waals surface area contributed by atoms with Crippen molar-refractivity contribution < 1.29 is 9.90 Å². The molecule has 32 heavy (non-hydrogen) atoms. The third-order valence-corrected chi connectivity index (χ3v) is 5.32. The fraction of sp³-hybridized carbons (Fsp3) is 0. The van der Waals surface area contributed by atoms with Crippen LogP contribution in [0.4, 0.5) is 11.4 Å². The van der Waals surface area contributed by atoms with E-state index >= 15 is 0 Å². The number of nitrogens with zero attached hydrogens (tertiary/aromatic N) is 2. The van der Waals surface area contributed by atoms with Gasteiger partial charge in [0, 0.05) is 5.56 Å². The van der Waals surface area contributed by atoms with Gasteiger partial charge in [0.05, 0.1) is 21.4 Å². The second-order valence-corrected chi connectivity index (χ2v) is 7.66. The molecule has 0 bridgehead atoms. The quantitative estimate of drug-likeness (QED) is 0.180. The molecule has 0 saturated heterocycles. The lowest BCUT2D eigenvalue weighted by Crippen LogP contribution is -2.15. The summed E-state index contributed by atoms with van der Waals surface area (Å²) in [7, 11) is 0. The minimum absolute atomic E-state index is 0.222. The highest BCUT2D eigenvalue weighted by atomic mass is 35.5. The SMILES string of the molecule is O=C(Nc1c(Cl)cccc1Cl)/C(N=Nc1ccc2ccccc2c1)=C(/O)c1ccccc1. The Labute approximate surface area is 194 Å². The molecular weight excluding hydrogens is 445 g/mol. The molecule has 0 atom stereocenters. The van der Waals surface area contributed by atoms with Crippen molar-refractivity contribution in [3.63, 3.8) is 0 Å². The highest BCUT2D eigenvalue weighted by Gasteiger charge is 2.19. The van der Waals surface area contributed by atoms with E-state index in [1.807, 2.05) is 36.4 Å². The molecule has 7 heteroatoms. The molecule has 5 nitrogen and oxygen atoms in total. The molecule has 4 rings (SSSR count). The van der Waals surface area contributed by atoms with Crippen LogP contribution in [0.2, 0.25) is 10.0 Å². The summed E-state index contributed by atoms with van der Waals surface area (Å²) < 4.78 is 0. The Morgan fingerprint density at radius 1 is 0.781 bits per heavy atom. The van der Waals surface area contributed by atoms with Crippen LogP contribution < -0.4 is 5.32 Å². The van der Waals surface area contributed by atoms with Gasteiger partial charge in [-0.3, -0.25) is 4.79 Å². The number of aliphatic hydroxyl groups excluding tert-OH is 1. The maximum absolute atomic E-state index is 13.1. The van der Waals surface area contributed by atoms with E-state index in [1.54, 1.807) is 54.6 Å². The number of amides is 1. The molecule has 0 saturated carbocycles. The van der Waals surface area contributed by atoms with Crippen LogP contribution in [0.5, 0.6) is 0 Å². The van der Waals surface area contributed by atoms with Gasteiger partial charge in [-0.1, -0.05) is 89.9 Å². The first-order valence-corrected chi connectivity index (χ1v) is 10.4. The van der Waals surface area contributed by atoms with Gasteiger partial charge < -0.3 is 10.4 Å². The van der Waals surface area contributed by atoms with Gasteiger partial charge in [0.15, 0.2) is 11.5 Å². The zero-order valence-corrected chi connectivity index (χ0v) is 18.2. The van der Waals surface area contributed by atoms with Crippen LogP contribution >= 0.6 is 23.2 Å². The number of nitrogens with one attached hydrogen (secondary N) is 1. The average Bonchev–Trinajstić information content (AvgIpc) is 2.82. The summed E-state index contributed by atoms with van der Waals surface area (Å²) in [6.45, 7) is 0. The van der Waals surface area contributed by atoms with Crippen LogP contribution in [0.25, 0.3) is 16.5 Å². The van der Waals surface area contributed by atoms with E-state index in [1.165, 1.54) is 0 Å². The first-order valence-electron chi connectivity index (χ1n) is 9.67. The van der Waals surface area contributed by atoms with E-state index in [2.05, 4.69) is 15.5 Å². The number of anilines is 1. The lowest BCUT2D eigenvalue weighted by atomic mass is 10.1. The highest BCUT2D eigenvalue weighted by Crippen LogP contribution is 2.31. The summed E-state index contributed by atoms with van der Waals surface area (Å²) in [5.41, 5.74) is 0.895. The minimum atomic E-state index is -0.703. The minimum Gasteiger partial charge on any atom is -0.505 e. The third kappa shape index (κ3) is 4.80. The Bertz CT molecular complexity index is 1330. The second kappa shape index (κ2) is 9.64. The highest BCUT2D eigenvalue weighted by molar-refractivity contribution is 6.40. The number of benzene rings is 4. The number of hydrogen-bond donors (Lipinski definition) is 2. The number of fused-ring (bicyclic) bond motifs is 1. The molecule has 4 aromatic rings. The molecule has 0 radical (unpaired) electrons. The van der Waals surface area contributed by atoms with Crippen LogP contribution in [0.15, 0.2) is 107 Å². The van der Waals surface area contributed by atoms with E-state index < -0.39 is 5.91 Å². The lowest BCUT2D eigenvalue weighted by molar-refractivity contribution is -0.112. The van der Waals surface area contributed by atoms with Gasteiger partial charge in [0.25, 0.3) is 5.91 Å². The van der Waals surface area contributed by atoms with Crippen LogP contribution in [0, 0.1) is 0 Å². The third-order valence-electron chi connectivity index (χ3n) is 4.69. The molecule has 0 heterocycles. The van der Waals surface area contributed by atoms with Crippen molar-refractivity contribution in [2.45, 2.75) is 0 Å². The van der Waals surface area contributed by atoms with E-state index in [-0.39, 0.29) is 27.2 Å². The number of azo groups is 1. The van der Waals surface area contributed by atoms with Crippen LogP contribution in [-0.2, 0) is 4.79 Å². The predicted octanol–water partition coefficient (Wildman–Crippen LogP) is 7.80. The van der Waals surface area contributed by atoms with Gasteiger partial charge in [-0.05, 0) is 35.0 Å². The Balaban J connectivity index is 1.73. The lowest BCUT2D eigenvalue weighted by Gasteiger charge is -2.10. The zero-order chi connectivity index (χ0) is 22.5. The molecule has 0 aliphatic rings. The number of para-hydroxylation sites is 1. The molecule has 0 unspecified atom stereocenters. The van der Waals surface area contributed by atoms with Crippen molar-refractivity contribution in [2.75, 3.05) is 5.32 Å². The topological polar surface area (TPSA) is 74.0 Å². The van der Waals surface area contributed by atoms with Crippen molar-refractivity contribution in [3.05, 3.63) is 112 Å². The summed E-state index contributed by atoms with van der Waals surface area (Å²) in [5, 5.41) is 24.3. The summed E-state index contributed by atoms with van der Waals surface area (Å²) in [4.78, 5) is 13.1. The van der Waals surface area contributed by atoms with Gasteiger partial charge in [0.2, 0.25) is 0 Å². The van der Waals surface area contributed by atoms with Crippen molar-refractivity contribution in [1.29, 1.82) is 0 Å². The molecule has 1 amide bonds. The molecule has 0 spiro atoms. The van der Waals surface area contributed by atoms with Crippen molar-refractivity contribution in [3.8, 4) is 0 Å². The Hall–Kier alpha value is -3.67. The monoisotopic (exact) mass is 461 g/mol. The molecule has 0 aliphatic carbocycles. The molecule has 0 aliphatic heterocycles. The average molecular weight is 462 g/mol. The fourth-order valence-corrected chi connectivity index (χ4v) is 3.56. The fourth-order valence-electron chi connectivity index (χ4n) is 3.07. The normalized spacial score (nSPS) is 12.1. The maximum atomic E-state index is 13.1. The molecule has 2 N–H and O–H groups in total. The zero-order valence-electron chi connectivity index (χ0n) is 16.7. The van der Waals surface area contributed by atoms with Crippen molar-refractivity contribution in [2.24, 2.45) is 10.2 Å². The van der Waals surface area contributed by atoms with E-state index in [9.17, 15) is 9.90 Å². The molecule has 0 aromatic heterocycles. The Morgan fingerprint density at radius 3 is 2.16 bits per heavy atom. The predicted molar refractivity (Wildman–Crippen MR) is 130 cm³/mol. The smallest absolute Gasteiger partial charge is 0.280 e. The van der Waals surface area contributed by atoms with E-state index in [4.69, 9.17) is 23.2 Å². The van der Waals surface area contributed by atoms with Crippen LogP contribution in [-0.4, -0.2) is 11.0 Å². The second-order valence-electron chi connectivity index (χ2n) is 6.85. The van der Waals surface area contributed by atoms with E-state index in [0.29, 0.717) is 11.3 Å². The van der Waals surface area contributed by atoms with Crippen molar-refractivity contribution in [1.82, 2.24) is 0 Å². The number of rotatable bonds is 5. The number of halogens is 2. The molecular formula is C25H17Cl2N3O2. The number of carbonyl (C=O) groups is 1. The number of aliphatic hydroxyl groups is 1. The summed E-state index contributed by atoms with van der Waals surface area (Å²) in [5.74, 6) is -1.03. The van der Waals surface area contributed by atoms with Gasteiger partial charge >= 0.3 is 0 Å². The number of hydrogen-bond acceptors (Lipinski definition) is 4. The first kappa shape index (κ1) is 21.6. The largest absolute Gasteiger partial charge is 0.505 e. The van der Waals surface area contributed by atoms with Gasteiger partial charge in [-0.2, -0.15) is 5.11 Å². The van der Waals surface area contributed by atoms with Gasteiger partial charge in [-0.15, -0.1) is 5.11 Å². The maximum Gasteiger partial charge on any atom is 0.280 e. The van der Waals surface area contributed by atoms with Gasteiger partial charge in [0.1, 0.15) is 0 Å². The summed E-state index contributed by atoms with van der Waals surface area (Å²) >= 11 is 12.3.